The number of hydrogen-bond donors (Lipinski definition) is 4. The summed E-state index contributed by atoms with van der Waals surface area (Å²) in [6, 6.07) is -1.16. The Labute approximate surface area is 172 Å². The third kappa shape index (κ3) is 7.09. The van der Waals surface area contributed by atoms with Gasteiger partial charge in [0, 0.05) is 17.8 Å². The highest BCUT2D eigenvalue weighted by Gasteiger charge is 2.30. The summed E-state index contributed by atoms with van der Waals surface area (Å²) in [5.41, 5.74) is 5.93. The Morgan fingerprint density at radius 1 is 1.34 bits per heavy atom. The van der Waals surface area contributed by atoms with E-state index in [0.29, 0.717) is 24.6 Å². The monoisotopic (exact) mass is 425 g/mol. The van der Waals surface area contributed by atoms with Gasteiger partial charge in [-0.05, 0) is 39.7 Å². The molecule has 0 aliphatic carbocycles. The van der Waals surface area contributed by atoms with Gasteiger partial charge >= 0.3 is 5.97 Å². The molecule has 29 heavy (non-hydrogen) atoms. The predicted octanol–water partition coefficient (Wildman–Crippen LogP) is 0.245. The molecule has 3 amide bonds. The normalized spacial score (nSPS) is 18.1. The second-order valence-corrected chi connectivity index (χ2v) is 8.39. The highest BCUT2D eigenvalue weighted by atomic mass is 32.1. The van der Waals surface area contributed by atoms with Crippen LogP contribution >= 0.6 is 11.3 Å². The highest BCUT2D eigenvalue weighted by molar-refractivity contribution is 7.15. The van der Waals surface area contributed by atoms with Crippen molar-refractivity contribution in [2.45, 2.75) is 45.6 Å². The first kappa shape index (κ1) is 22.8. The van der Waals surface area contributed by atoms with Crippen molar-refractivity contribution in [1.29, 1.82) is 0 Å². The quantitative estimate of drug-likeness (QED) is 0.442. The third-order valence-electron chi connectivity index (χ3n) is 4.81. The van der Waals surface area contributed by atoms with Crippen LogP contribution < -0.4 is 16.4 Å². The molecule has 2 rings (SSSR count). The molecule has 2 heterocycles. The number of nitrogens with one attached hydrogen (secondary N) is 2. The van der Waals surface area contributed by atoms with Gasteiger partial charge in [-0.25, -0.2) is 9.78 Å². The fourth-order valence-electron chi connectivity index (χ4n) is 3.13. The number of likely N-dealkylation sites (tertiary alicyclic amines) is 1. The number of thiazole rings is 1. The van der Waals surface area contributed by atoms with Crippen molar-refractivity contribution in [3.63, 3.8) is 0 Å². The molecule has 1 aromatic heterocycles. The minimum atomic E-state index is -1.21. The molecular formula is C18H27N5O5S. The minimum absolute atomic E-state index is 0.0537. The summed E-state index contributed by atoms with van der Waals surface area (Å²) < 4.78 is 0. The lowest BCUT2D eigenvalue weighted by molar-refractivity contribution is -0.143. The first-order valence-electron chi connectivity index (χ1n) is 9.43. The Morgan fingerprint density at radius 2 is 2.07 bits per heavy atom. The first-order chi connectivity index (χ1) is 13.7. The molecule has 2 atom stereocenters. The van der Waals surface area contributed by atoms with Gasteiger partial charge in [0.2, 0.25) is 17.7 Å². The summed E-state index contributed by atoms with van der Waals surface area (Å²) in [4.78, 5) is 54.2. The Balaban J connectivity index is 1.86. The van der Waals surface area contributed by atoms with Crippen LogP contribution in [0.25, 0.3) is 0 Å². The molecule has 1 aromatic rings. The van der Waals surface area contributed by atoms with Crippen LogP contribution in [0.15, 0.2) is 0 Å². The number of anilines is 1. The van der Waals surface area contributed by atoms with Crippen LogP contribution in [0.1, 0.15) is 36.3 Å². The van der Waals surface area contributed by atoms with Crippen molar-refractivity contribution >= 4 is 40.2 Å². The largest absolute Gasteiger partial charge is 0.480 e. The van der Waals surface area contributed by atoms with Crippen LogP contribution in [-0.2, 0) is 19.2 Å². The molecule has 1 aliphatic heterocycles. The summed E-state index contributed by atoms with van der Waals surface area (Å²) in [6.45, 7) is 4.98. The average molecular weight is 426 g/mol. The Bertz CT molecular complexity index is 761. The van der Waals surface area contributed by atoms with E-state index in [1.165, 1.54) is 11.3 Å². The van der Waals surface area contributed by atoms with E-state index in [1.807, 2.05) is 18.7 Å². The number of amides is 3. The van der Waals surface area contributed by atoms with Crippen LogP contribution in [-0.4, -0.2) is 64.4 Å². The summed E-state index contributed by atoms with van der Waals surface area (Å²) in [5.74, 6) is -2.84. The maximum Gasteiger partial charge on any atom is 0.326 e. The molecule has 1 saturated heterocycles. The topological polar surface area (TPSA) is 155 Å². The van der Waals surface area contributed by atoms with Crippen LogP contribution in [0, 0.1) is 19.8 Å². The molecule has 5 N–H and O–H groups in total. The number of aromatic nitrogens is 1. The molecule has 0 spiro atoms. The van der Waals surface area contributed by atoms with Gasteiger partial charge in [-0.1, -0.05) is 0 Å². The van der Waals surface area contributed by atoms with Crippen LogP contribution in [0.4, 0.5) is 5.13 Å². The summed E-state index contributed by atoms with van der Waals surface area (Å²) in [5, 5.41) is 15.0. The van der Waals surface area contributed by atoms with Gasteiger partial charge in [0.1, 0.15) is 6.04 Å². The number of carboxylic acid groups (broad SMARTS) is 1. The zero-order valence-corrected chi connectivity index (χ0v) is 17.4. The molecule has 11 heteroatoms. The predicted molar refractivity (Wildman–Crippen MR) is 107 cm³/mol. The van der Waals surface area contributed by atoms with Gasteiger partial charge < -0.3 is 21.5 Å². The lowest BCUT2D eigenvalue weighted by Crippen LogP contribution is -2.49. The van der Waals surface area contributed by atoms with Gasteiger partial charge in [-0.3, -0.25) is 19.3 Å². The number of nitrogens with two attached hydrogens (primary N) is 1. The van der Waals surface area contributed by atoms with Gasteiger partial charge in [-0.2, -0.15) is 0 Å². The number of nitrogens with zero attached hydrogens (tertiary/aromatic N) is 2. The van der Waals surface area contributed by atoms with E-state index in [4.69, 9.17) is 5.73 Å². The molecular weight excluding hydrogens is 398 g/mol. The maximum atomic E-state index is 12.5. The van der Waals surface area contributed by atoms with Crippen molar-refractivity contribution in [3.05, 3.63) is 10.6 Å². The Kier molecular flexibility index (Phi) is 8.09. The first-order valence-corrected chi connectivity index (χ1v) is 10.2. The molecule has 1 aliphatic rings. The maximum absolute atomic E-state index is 12.5. The van der Waals surface area contributed by atoms with E-state index in [0.717, 1.165) is 17.0 Å². The zero-order chi connectivity index (χ0) is 21.6. The number of carbonyl (C=O) groups excluding carboxylic acids is 3. The molecule has 10 nitrogen and oxygen atoms in total. The second kappa shape index (κ2) is 10.3. The van der Waals surface area contributed by atoms with Crippen molar-refractivity contribution in [2.24, 2.45) is 11.7 Å². The van der Waals surface area contributed by atoms with E-state index >= 15 is 0 Å². The van der Waals surface area contributed by atoms with E-state index in [9.17, 15) is 24.3 Å². The van der Waals surface area contributed by atoms with Gasteiger partial charge in [-0.15, -0.1) is 11.3 Å². The number of primary amides is 1. The number of carbonyl (C=O) groups is 4. The van der Waals surface area contributed by atoms with E-state index < -0.39 is 29.7 Å². The zero-order valence-electron chi connectivity index (χ0n) is 16.6. The molecule has 1 fully saturated rings. The van der Waals surface area contributed by atoms with Gasteiger partial charge in [0.05, 0.1) is 18.2 Å². The average Bonchev–Trinajstić information content (AvgIpc) is 2.95. The number of carboxylic acids is 1. The fourth-order valence-corrected chi connectivity index (χ4v) is 3.97. The fraction of sp³-hybridized carbons (Fsp3) is 0.611. The minimum Gasteiger partial charge on any atom is -0.480 e. The molecule has 0 saturated carbocycles. The SMILES string of the molecule is Cc1nc(NC(=O)CN2CCCC(C(=O)NC(CCC(N)=O)C(=O)O)C2)sc1C. The van der Waals surface area contributed by atoms with E-state index in [1.54, 1.807) is 0 Å². The molecule has 2 unspecified atom stereocenters. The summed E-state index contributed by atoms with van der Waals surface area (Å²) in [6.07, 6.45) is 1.16. The van der Waals surface area contributed by atoms with Gasteiger partial charge in [0.15, 0.2) is 5.13 Å². The number of rotatable bonds is 9. The second-order valence-electron chi connectivity index (χ2n) is 7.19. The summed E-state index contributed by atoms with van der Waals surface area (Å²) >= 11 is 1.41. The molecule has 0 bridgehead atoms. The van der Waals surface area contributed by atoms with E-state index in [-0.39, 0.29) is 25.3 Å². The van der Waals surface area contributed by atoms with Crippen molar-refractivity contribution in [3.8, 4) is 0 Å². The standard InChI is InChI=1S/C18H27N5O5S/c1-10-11(2)29-18(20-10)22-15(25)9-23-7-3-4-12(8-23)16(26)21-13(17(27)28)5-6-14(19)24/h12-13H,3-9H2,1-2H3,(H2,19,24)(H,21,26)(H,27,28)(H,20,22,25). The Hall–Kier alpha value is -2.53. The lowest BCUT2D eigenvalue weighted by Gasteiger charge is -2.31. The molecule has 0 aromatic carbocycles. The smallest absolute Gasteiger partial charge is 0.326 e. The summed E-state index contributed by atoms with van der Waals surface area (Å²) in [7, 11) is 0. The van der Waals surface area contributed by atoms with Gasteiger partial charge in [0.25, 0.3) is 0 Å². The lowest BCUT2D eigenvalue weighted by atomic mass is 9.96. The van der Waals surface area contributed by atoms with Crippen molar-refractivity contribution in [2.75, 3.05) is 25.0 Å². The van der Waals surface area contributed by atoms with Crippen molar-refractivity contribution < 1.29 is 24.3 Å². The highest BCUT2D eigenvalue weighted by Crippen LogP contribution is 2.21. The Morgan fingerprint density at radius 3 is 2.66 bits per heavy atom. The van der Waals surface area contributed by atoms with Crippen LogP contribution in [0.3, 0.4) is 0 Å². The number of aliphatic carboxylic acids is 1. The van der Waals surface area contributed by atoms with E-state index in [2.05, 4.69) is 15.6 Å². The van der Waals surface area contributed by atoms with Crippen LogP contribution in [0.2, 0.25) is 0 Å². The molecule has 160 valence electrons. The number of piperidine rings is 1. The number of hydrogen-bond acceptors (Lipinski definition) is 7. The third-order valence-corrected chi connectivity index (χ3v) is 5.80. The molecule has 0 radical (unpaired) electrons. The number of aryl methyl sites for hydroxylation is 2. The van der Waals surface area contributed by atoms with Crippen molar-refractivity contribution in [1.82, 2.24) is 15.2 Å². The van der Waals surface area contributed by atoms with Crippen LogP contribution in [0.5, 0.6) is 0 Å².